The maximum atomic E-state index is 10.5. The summed E-state index contributed by atoms with van der Waals surface area (Å²) >= 11 is 0. The van der Waals surface area contributed by atoms with Crippen LogP contribution in [0.25, 0.3) is 5.73 Å². The van der Waals surface area contributed by atoms with Gasteiger partial charge in [-0.15, -0.1) is 6.04 Å². The zero-order valence-electron chi connectivity index (χ0n) is 14.9. The minimum absolute atomic E-state index is 0. The molecule has 158 valence electrons. The van der Waals surface area contributed by atoms with Crippen LogP contribution in [0.2, 0.25) is 0 Å². The van der Waals surface area contributed by atoms with Crippen LogP contribution in [0.1, 0.15) is 53.8 Å². The minimum atomic E-state index is -3.04. The summed E-state index contributed by atoms with van der Waals surface area (Å²) in [6.07, 6.45) is 5.67. The minimum Gasteiger partial charge on any atom is -0.675 e. The van der Waals surface area contributed by atoms with E-state index in [1.165, 1.54) is 12.8 Å². The molecule has 1 fully saturated rings. The molecule has 0 heterocycles. The third-order valence-electron chi connectivity index (χ3n) is 3.97. The maximum absolute atomic E-state index is 10.5. The SMILES string of the molecule is CCC(CC)C(C(=O)O)C(=O)O.O=[P+]([O-])OO.[CH2-]C1CCC([NH-])CC1.[HH].[Pt+2]. The van der Waals surface area contributed by atoms with Crippen LogP contribution in [0, 0.1) is 24.7 Å². The molecule has 0 spiro atoms. The van der Waals surface area contributed by atoms with E-state index < -0.39 is 26.1 Å². The number of carboxylic acid groups (broad SMARTS) is 2. The second-order valence-electron chi connectivity index (χ2n) is 5.75. The van der Waals surface area contributed by atoms with E-state index in [9.17, 15) is 9.59 Å². The molecule has 0 saturated heterocycles. The van der Waals surface area contributed by atoms with Crippen molar-refractivity contribution in [2.75, 3.05) is 0 Å². The summed E-state index contributed by atoms with van der Waals surface area (Å²) in [5, 5.41) is 24.2. The Morgan fingerprint density at radius 3 is 1.73 bits per heavy atom. The zero-order chi connectivity index (χ0) is 20.0. The van der Waals surface area contributed by atoms with Crippen molar-refractivity contribution < 1.29 is 61.7 Å². The molecule has 0 aromatic rings. The fraction of sp³-hybridized carbons (Fsp3) is 0.800. The van der Waals surface area contributed by atoms with Gasteiger partial charge in [0.15, 0.2) is 5.92 Å². The van der Waals surface area contributed by atoms with E-state index in [-0.39, 0.29) is 34.5 Å². The van der Waals surface area contributed by atoms with Gasteiger partial charge in [-0.25, -0.2) is 5.26 Å². The summed E-state index contributed by atoms with van der Waals surface area (Å²) in [4.78, 5) is 30.0. The number of hydrogen-bond acceptors (Lipinski definition) is 6. The van der Waals surface area contributed by atoms with Crippen LogP contribution in [-0.4, -0.2) is 33.5 Å². The summed E-state index contributed by atoms with van der Waals surface area (Å²) in [5.74, 6) is -3.34. The van der Waals surface area contributed by atoms with Gasteiger partial charge in [0.2, 0.25) is 0 Å². The van der Waals surface area contributed by atoms with Crippen molar-refractivity contribution in [3.63, 3.8) is 0 Å². The molecule has 0 bridgehead atoms. The summed E-state index contributed by atoms with van der Waals surface area (Å²) in [7, 11) is -3.04. The van der Waals surface area contributed by atoms with Gasteiger partial charge in [0.05, 0.1) is 0 Å². The van der Waals surface area contributed by atoms with E-state index in [0.717, 1.165) is 12.8 Å². The third kappa shape index (κ3) is 15.8. The second-order valence-corrected chi connectivity index (χ2v) is 6.36. The molecule has 1 aliphatic rings. The molecule has 1 atom stereocenters. The number of hydrogen-bond donors (Lipinski definition) is 3. The molecule has 0 aromatic carbocycles. The molecule has 0 amide bonds. The summed E-state index contributed by atoms with van der Waals surface area (Å²) in [6.45, 7) is 7.55. The Labute approximate surface area is 170 Å². The molecule has 11 heteroatoms. The van der Waals surface area contributed by atoms with Gasteiger partial charge in [-0.3, -0.25) is 9.59 Å². The smallest absolute Gasteiger partial charge is 0.675 e. The van der Waals surface area contributed by atoms with Gasteiger partial charge >= 0.3 is 41.3 Å². The normalized spacial score (nSPS) is 19.3. The fourth-order valence-corrected chi connectivity index (χ4v) is 2.43. The molecule has 1 aliphatic carbocycles. The van der Waals surface area contributed by atoms with E-state index in [1.54, 1.807) is 13.8 Å². The van der Waals surface area contributed by atoms with E-state index in [2.05, 4.69) is 11.6 Å². The van der Waals surface area contributed by atoms with Gasteiger partial charge in [0.25, 0.3) is 0 Å². The molecule has 0 radical (unpaired) electrons. The van der Waals surface area contributed by atoms with Crippen molar-refractivity contribution in [2.24, 2.45) is 17.8 Å². The van der Waals surface area contributed by atoms with E-state index >= 15 is 0 Å². The standard InChI is InChI=1S/C8H14O4.C7H13N.HO4P.Pt.H2/c1-3-5(4-2)6(7(9)10)8(11)12;1-6-2-4-7(8)5-3-6;1-4-5(2)3;;/h5-6H,3-4H2,1-2H3,(H,9,10)(H,11,12);6-8H,1-5H2;1H;;1H/q;-2;;+2;. The van der Waals surface area contributed by atoms with Crippen LogP contribution in [0.5, 0.6) is 0 Å². The first-order valence-electron chi connectivity index (χ1n) is 8.06. The Balaban J connectivity index is -0.000000154. The molecular formula is C15H30NO8PPt. The quantitative estimate of drug-likeness (QED) is 0.142. The summed E-state index contributed by atoms with van der Waals surface area (Å²) in [5.41, 5.74) is 7.33. The molecule has 26 heavy (non-hydrogen) atoms. The van der Waals surface area contributed by atoms with Gasteiger partial charge in [-0.05, 0) is 10.5 Å². The van der Waals surface area contributed by atoms with Crippen LogP contribution in [0.3, 0.4) is 0 Å². The Hall–Kier alpha value is -0.432. The number of nitrogens with one attached hydrogen (secondary N) is 1. The van der Waals surface area contributed by atoms with Crippen molar-refractivity contribution in [1.82, 2.24) is 0 Å². The van der Waals surface area contributed by atoms with Gasteiger partial charge in [0, 0.05) is 6.10 Å². The topological polar surface area (TPSA) is 168 Å². The Morgan fingerprint density at radius 2 is 1.58 bits per heavy atom. The molecule has 1 rings (SSSR count). The van der Waals surface area contributed by atoms with Gasteiger partial charge in [-0.2, -0.15) is 5.92 Å². The Morgan fingerprint density at radius 1 is 1.23 bits per heavy atom. The Bertz CT molecular complexity index is 383. The zero-order valence-corrected chi connectivity index (χ0v) is 18.1. The van der Waals surface area contributed by atoms with Gasteiger partial charge in [0.1, 0.15) is 0 Å². The number of carboxylic acids is 2. The van der Waals surface area contributed by atoms with Crippen LogP contribution < -0.4 is 4.89 Å². The first-order valence-corrected chi connectivity index (χ1v) is 9.15. The summed E-state index contributed by atoms with van der Waals surface area (Å²) in [6, 6.07) is 0.230. The second kappa shape index (κ2) is 18.0. The van der Waals surface area contributed by atoms with Crippen LogP contribution >= 0.6 is 8.25 Å². The monoisotopic (exact) mass is 578 g/mol. The third-order valence-corrected chi connectivity index (χ3v) is 4.10. The van der Waals surface area contributed by atoms with Crippen LogP contribution in [0.15, 0.2) is 0 Å². The fourth-order valence-electron chi connectivity index (χ4n) is 2.43. The van der Waals surface area contributed by atoms with E-state index in [1.807, 2.05) is 0 Å². The average Bonchev–Trinajstić information content (AvgIpc) is 2.55. The number of rotatable bonds is 6. The van der Waals surface area contributed by atoms with Crippen molar-refractivity contribution in [1.29, 1.82) is 0 Å². The van der Waals surface area contributed by atoms with Crippen molar-refractivity contribution >= 4 is 20.2 Å². The summed E-state index contributed by atoms with van der Waals surface area (Å²) < 4.78 is 11.6. The number of aliphatic carboxylic acids is 2. The molecule has 4 N–H and O–H groups in total. The van der Waals surface area contributed by atoms with Crippen molar-refractivity contribution in [3.8, 4) is 0 Å². The van der Waals surface area contributed by atoms with E-state index in [4.69, 9.17) is 30.7 Å². The molecule has 0 aromatic heterocycles. The molecular weight excluding hydrogens is 548 g/mol. The average molecular weight is 578 g/mol. The predicted molar refractivity (Wildman–Crippen MR) is 91.7 cm³/mol. The van der Waals surface area contributed by atoms with Crippen LogP contribution in [0.4, 0.5) is 0 Å². The molecule has 0 aliphatic heterocycles. The predicted octanol–water partition coefficient (Wildman–Crippen LogP) is 3.38. The largest absolute Gasteiger partial charge is 2.00 e. The first-order chi connectivity index (χ1) is 11.6. The van der Waals surface area contributed by atoms with Crippen molar-refractivity contribution in [2.45, 2.75) is 58.4 Å². The maximum Gasteiger partial charge on any atom is 2.00 e. The Kier molecular flexibility index (Phi) is 20.9. The van der Waals surface area contributed by atoms with Gasteiger partial charge < -0.3 is 27.8 Å². The first kappa shape index (κ1) is 30.3. The molecule has 9 nitrogen and oxygen atoms in total. The van der Waals surface area contributed by atoms with Gasteiger partial charge in [-0.1, -0.05) is 52.4 Å². The molecule has 1 unspecified atom stereocenters. The van der Waals surface area contributed by atoms with Crippen molar-refractivity contribution in [3.05, 3.63) is 12.7 Å². The van der Waals surface area contributed by atoms with Crippen LogP contribution in [-0.2, 0) is 39.9 Å². The van der Waals surface area contributed by atoms with E-state index in [0.29, 0.717) is 18.8 Å². The molecule has 1 saturated carbocycles. The number of carbonyl (C=O) groups is 2.